The summed E-state index contributed by atoms with van der Waals surface area (Å²) in [6.45, 7) is 6.03. The summed E-state index contributed by atoms with van der Waals surface area (Å²) in [5.74, 6) is 7.01. The number of rotatable bonds is 2. The Hall–Kier alpha value is -1.13. The lowest BCUT2D eigenvalue weighted by molar-refractivity contribution is 0.241. The maximum atomic E-state index is 5.65. The van der Waals surface area contributed by atoms with Crippen molar-refractivity contribution in [2.75, 3.05) is 5.88 Å². The largest absolute Gasteiger partial charge is 0.490 e. The van der Waals surface area contributed by atoms with Crippen molar-refractivity contribution in [2.45, 2.75) is 26.9 Å². The molecule has 0 bridgehead atoms. The van der Waals surface area contributed by atoms with Crippen molar-refractivity contribution in [3.8, 4) is 17.6 Å². The predicted molar refractivity (Wildman–Crippen MR) is 64.5 cm³/mol. The Morgan fingerprint density at radius 1 is 1.40 bits per heavy atom. The van der Waals surface area contributed by atoms with Crippen LogP contribution in [0.3, 0.4) is 0 Å². The highest BCUT2D eigenvalue weighted by molar-refractivity contribution is 6.19. The molecule has 0 fully saturated rings. The first-order chi connectivity index (χ1) is 7.13. The zero-order valence-electron chi connectivity index (χ0n) is 9.30. The Balaban J connectivity index is 3.03. The summed E-state index contributed by atoms with van der Waals surface area (Å²) in [4.78, 5) is 0. The van der Waals surface area contributed by atoms with Gasteiger partial charge in [0.05, 0.1) is 17.5 Å². The Labute approximate surface area is 96.4 Å². The molecule has 1 nitrogen and oxygen atoms in total. The van der Waals surface area contributed by atoms with Crippen LogP contribution in [0.4, 0.5) is 0 Å². The van der Waals surface area contributed by atoms with Crippen LogP contribution in [0.25, 0.3) is 0 Å². The van der Waals surface area contributed by atoms with Crippen molar-refractivity contribution in [1.82, 2.24) is 0 Å². The van der Waals surface area contributed by atoms with Crippen molar-refractivity contribution >= 4 is 11.6 Å². The highest BCUT2D eigenvalue weighted by Gasteiger charge is 2.03. The number of hydrogen-bond donors (Lipinski definition) is 0. The maximum absolute atomic E-state index is 5.65. The second kappa shape index (κ2) is 5.68. The maximum Gasteiger partial charge on any atom is 0.135 e. The fourth-order valence-corrected chi connectivity index (χ4v) is 1.29. The number of aryl methyl sites for hydroxylation is 1. The van der Waals surface area contributed by atoms with Gasteiger partial charge in [-0.25, -0.2) is 0 Å². The van der Waals surface area contributed by atoms with E-state index in [1.165, 1.54) is 5.56 Å². The van der Waals surface area contributed by atoms with E-state index in [2.05, 4.69) is 11.8 Å². The van der Waals surface area contributed by atoms with Crippen molar-refractivity contribution in [1.29, 1.82) is 0 Å². The molecule has 0 aromatic heterocycles. The van der Waals surface area contributed by atoms with Crippen LogP contribution in [0.5, 0.6) is 5.75 Å². The number of alkyl halides is 1. The van der Waals surface area contributed by atoms with E-state index in [0.29, 0.717) is 5.88 Å². The lowest BCUT2D eigenvalue weighted by Crippen LogP contribution is -2.06. The van der Waals surface area contributed by atoms with Gasteiger partial charge in [-0.2, -0.15) is 0 Å². The molecular formula is C13H15ClO. The molecule has 0 saturated carbocycles. The van der Waals surface area contributed by atoms with Gasteiger partial charge in [-0.1, -0.05) is 17.9 Å². The van der Waals surface area contributed by atoms with E-state index in [4.69, 9.17) is 16.3 Å². The Bertz CT molecular complexity index is 385. The van der Waals surface area contributed by atoms with Gasteiger partial charge in [-0.15, -0.1) is 11.6 Å². The summed E-state index contributed by atoms with van der Waals surface area (Å²) >= 11 is 5.53. The molecule has 1 aromatic rings. The fourth-order valence-electron chi connectivity index (χ4n) is 1.23. The fraction of sp³-hybridized carbons (Fsp3) is 0.385. The predicted octanol–water partition coefficient (Wildman–Crippen LogP) is 3.37. The minimum atomic E-state index is 0.157. The zero-order chi connectivity index (χ0) is 11.3. The van der Waals surface area contributed by atoms with E-state index in [1.807, 2.05) is 39.0 Å². The number of benzene rings is 1. The monoisotopic (exact) mass is 222 g/mol. The second-order valence-corrected chi connectivity index (χ2v) is 3.87. The average molecular weight is 223 g/mol. The topological polar surface area (TPSA) is 9.23 Å². The van der Waals surface area contributed by atoms with Gasteiger partial charge in [0.15, 0.2) is 0 Å². The summed E-state index contributed by atoms with van der Waals surface area (Å²) in [5.41, 5.74) is 2.08. The van der Waals surface area contributed by atoms with Gasteiger partial charge in [-0.05, 0) is 38.5 Å². The first kappa shape index (κ1) is 11.9. The summed E-state index contributed by atoms with van der Waals surface area (Å²) in [5, 5.41) is 0. The van der Waals surface area contributed by atoms with Crippen LogP contribution in [0, 0.1) is 18.8 Å². The quantitative estimate of drug-likeness (QED) is 0.551. The molecule has 15 heavy (non-hydrogen) atoms. The summed E-state index contributed by atoms with van der Waals surface area (Å²) in [7, 11) is 0. The molecule has 2 heteroatoms. The Morgan fingerprint density at radius 2 is 2.13 bits per heavy atom. The number of halogens is 1. The van der Waals surface area contributed by atoms with Gasteiger partial charge in [0.2, 0.25) is 0 Å². The molecule has 0 amide bonds. The molecule has 0 N–H and O–H groups in total. The van der Waals surface area contributed by atoms with Crippen LogP contribution in [0.1, 0.15) is 25.0 Å². The summed E-state index contributed by atoms with van der Waals surface area (Å²) in [6, 6.07) is 5.98. The van der Waals surface area contributed by atoms with Gasteiger partial charge in [0.25, 0.3) is 0 Å². The van der Waals surface area contributed by atoms with Crippen molar-refractivity contribution in [2.24, 2.45) is 0 Å². The smallest absolute Gasteiger partial charge is 0.135 e. The van der Waals surface area contributed by atoms with Gasteiger partial charge in [0, 0.05) is 0 Å². The van der Waals surface area contributed by atoms with Gasteiger partial charge in [0.1, 0.15) is 5.75 Å². The highest BCUT2D eigenvalue weighted by atomic mass is 35.5. The molecule has 0 saturated heterocycles. The third-order valence-corrected chi connectivity index (χ3v) is 1.92. The van der Waals surface area contributed by atoms with E-state index >= 15 is 0 Å². The van der Waals surface area contributed by atoms with E-state index in [9.17, 15) is 0 Å². The van der Waals surface area contributed by atoms with Crippen molar-refractivity contribution < 1.29 is 4.74 Å². The number of hydrogen-bond acceptors (Lipinski definition) is 1. The second-order valence-electron chi connectivity index (χ2n) is 3.60. The summed E-state index contributed by atoms with van der Waals surface area (Å²) in [6.07, 6.45) is 0.157. The van der Waals surface area contributed by atoms with Crippen LogP contribution in [0.15, 0.2) is 18.2 Å². The van der Waals surface area contributed by atoms with Gasteiger partial charge < -0.3 is 4.74 Å². The normalized spacial score (nSPS) is 9.67. The minimum Gasteiger partial charge on any atom is -0.490 e. The molecule has 0 spiro atoms. The minimum absolute atomic E-state index is 0.157. The van der Waals surface area contributed by atoms with E-state index in [1.54, 1.807) is 0 Å². The van der Waals surface area contributed by atoms with Gasteiger partial charge in [-0.3, -0.25) is 0 Å². The van der Waals surface area contributed by atoms with Crippen molar-refractivity contribution in [3.05, 3.63) is 29.3 Å². The molecule has 0 aliphatic rings. The van der Waals surface area contributed by atoms with Crippen LogP contribution in [-0.4, -0.2) is 12.0 Å². The van der Waals surface area contributed by atoms with Crippen LogP contribution in [0.2, 0.25) is 0 Å². The average Bonchev–Trinajstić information content (AvgIpc) is 2.18. The molecule has 0 aliphatic carbocycles. The Morgan fingerprint density at radius 3 is 2.73 bits per heavy atom. The SMILES string of the molecule is Cc1ccc(OC(C)C)c(C#CCCl)c1. The lowest BCUT2D eigenvalue weighted by Gasteiger charge is -2.11. The molecule has 1 aromatic carbocycles. The van der Waals surface area contributed by atoms with E-state index in [-0.39, 0.29) is 6.10 Å². The van der Waals surface area contributed by atoms with Crippen LogP contribution >= 0.6 is 11.6 Å². The molecule has 0 atom stereocenters. The first-order valence-corrected chi connectivity index (χ1v) is 5.49. The standard InChI is InChI=1S/C13H15ClO/c1-10(2)15-13-7-6-11(3)9-12(13)5-4-8-14/h6-7,9-10H,8H2,1-3H3. The molecule has 0 unspecified atom stereocenters. The van der Waals surface area contributed by atoms with E-state index in [0.717, 1.165) is 11.3 Å². The Kier molecular flexibility index (Phi) is 4.52. The third-order valence-electron chi connectivity index (χ3n) is 1.79. The van der Waals surface area contributed by atoms with Gasteiger partial charge >= 0.3 is 0 Å². The molecular weight excluding hydrogens is 208 g/mol. The van der Waals surface area contributed by atoms with E-state index < -0.39 is 0 Å². The highest BCUT2D eigenvalue weighted by Crippen LogP contribution is 2.20. The lowest BCUT2D eigenvalue weighted by atomic mass is 10.1. The van der Waals surface area contributed by atoms with Crippen LogP contribution in [-0.2, 0) is 0 Å². The molecule has 0 aliphatic heterocycles. The number of ether oxygens (including phenoxy) is 1. The summed E-state index contributed by atoms with van der Waals surface area (Å²) < 4.78 is 5.65. The molecule has 0 radical (unpaired) electrons. The third kappa shape index (κ3) is 3.85. The van der Waals surface area contributed by atoms with Crippen molar-refractivity contribution in [3.63, 3.8) is 0 Å². The van der Waals surface area contributed by atoms with Crippen LogP contribution < -0.4 is 4.74 Å². The zero-order valence-corrected chi connectivity index (χ0v) is 10.1. The molecule has 0 heterocycles. The molecule has 1 rings (SSSR count). The first-order valence-electron chi connectivity index (χ1n) is 4.95. The molecule has 80 valence electrons.